The van der Waals surface area contributed by atoms with E-state index >= 15 is 0 Å². The quantitative estimate of drug-likeness (QED) is 0.853. The third-order valence-corrected chi connectivity index (χ3v) is 4.16. The Morgan fingerprint density at radius 1 is 1.33 bits per heavy atom. The first-order chi connectivity index (χ1) is 11.7. The van der Waals surface area contributed by atoms with Crippen LogP contribution < -0.4 is 4.74 Å². The highest BCUT2D eigenvalue weighted by atomic mass is 16.5. The van der Waals surface area contributed by atoms with Gasteiger partial charge in [-0.05, 0) is 37.1 Å². The Kier molecular flexibility index (Phi) is 4.74. The minimum atomic E-state index is -0.112. The van der Waals surface area contributed by atoms with Crippen LogP contribution in [-0.4, -0.2) is 46.4 Å². The van der Waals surface area contributed by atoms with Gasteiger partial charge in [-0.1, -0.05) is 6.07 Å². The van der Waals surface area contributed by atoms with E-state index in [1.165, 1.54) is 6.07 Å². The Balaban J connectivity index is 1.70. The number of carbonyl (C=O) groups excluding carboxylic acids is 2. The lowest BCUT2D eigenvalue weighted by Crippen LogP contribution is -2.39. The van der Waals surface area contributed by atoms with Crippen LogP contribution in [0.3, 0.4) is 0 Å². The number of benzene rings is 1. The topological polar surface area (TPSA) is 79.7 Å². The van der Waals surface area contributed by atoms with Gasteiger partial charge in [-0.2, -0.15) is 0 Å². The summed E-state index contributed by atoms with van der Waals surface area (Å²) < 4.78 is 5.71. The Morgan fingerprint density at radius 3 is 2.88 bits per heavy atom. The van der Waals surface area contributed by atoms with Gasteiger partial charge in [0.25, 0.3) is 5.91 Å². The van der Waals surface area contributed by atoms with Crippen LogP contribution in [0.1, 0.15) is 33.6 Å². The molecular weight excluding hydrogens is 308 g/mol. The third-order valence-electron chi connectivity index (χ3n) is 4.16. The van der Waals surface area contributed by atoms with E-state index in [9.17, 15) is 14.7 Å². The van der Waals surface area contributed by atoms with Gasteiger partial charge in [-0.25, -0.2) is 0 Å². The van der Waals surface area contributed by atoms with Crippen molar-refractivity contribution in [2.75, 3.05) is 13.2 Å². The smallest absolute Gasteiger partial charge is 0.254 e. The van der Waals surface area contributed by atoms with Gasteiger partial charge in [-0.3, -0.25) is 14.6 Å². The maximum Gasteiger partial charge on any atom is 0.254 e. The SMILES string of the molecule is O=Cc1c(O)cccc1OCC1CCCN1C(=O)c1ccncc1. The maximum absolute atomic E-state index is 12.6. The molecule has 1 amide bonds. The van der Waals surface area contributed by atoms with Gasteiger partial charge >= 0.3 is 0 Å². The van der Waals surface area contributed by atoms with Gasteiger partial charge in [0.15, 0.2) is 6.29 Å². The number of nitrogens with zero attached hydrogens (tertiary/aromatic N) is 2. The van der Waals surface area contributed by atoms with Gasteiger partial charge in [0.05, 0.1) is 11.6 Å². The number of phenolic OH excluding ortho intramolecular Hbond substituents is 1. The fourth-order valence-corrected chi connectivity index (χ4v) is 2.90. The average Bonchev–Trinajstić information content (AvgIpc) is 3.08. The van der Waals surface area contributed by atoms with E-state index in [1.807, 2.05) is 0 Å². The summed E-state index contributed by atoms with van der Waals surface area (Å²) in [6.07, 6.45) is 5.51. The molecule has 0 radical (unpaired) electrons. The van der Waals surface area contributed by atoms with Crippen LogP contribution in [0.2, 0.25) is 0 Å². The predicted molar refractivity (Wildman–Crippen MR) is 87.3 cm³/mol. The van der Waals surface area contributed by atoms with E-state index in [4.69, 9.17) is 4.74 Å². The lowest BCUT2D eigenvalue weighted by molar-refractivity contribution is 0.0690. The summed E-state index contributed by atoms with van der Waals surface area (Å²) in [4.78, 5) is 29.4. The number of hydrogen-bond donors (Lipinski definition) is 1. The van der Waals surface area contributed by atoms with E-state index in [1.54, 1.807) is 41.6 Å². The van der Waals surface area contributed by atoms with Crippen LogP contribution >= 0.6 is 0 Å². The number of hydrogen-bond acceptors (Lipinski definition) is 5. The molecule has 124 valence electrons. The molecule has 1 aromatic carbocycles. The third kappa shape index (κ3) is 3.22. The highest BCUT2D eigenvalue weighted by Gasteiger charge is 2.30. The maximum atomic E-state index is 12.6. The van der Waals surface area contributed by atoms with Crippen LogP contribution in [0.5, 0.6) is 11.5 Å². The van der Waals surface area contributed by atoms with Crippen LogP contribution in [0, 0.1) is 0 Å². The Morgan fingerprint density at radius 2 is 2.12 bits per heavy atom. The van der Waals surface area contributed by atoms with E-state index < -0.39 is 0 Å². The molecule has 1 aliphatic rings. The number of aromatic nitrogens is 1. The second kappa shape index (κ2) is 7.12. The number of phenols is 1. The summed E-state index contributed by atoms with van der Waals surface area (Å²) in [5.41, 5.74) is 0.727. The Labute approximate surface area is 139 Å². The van der Waals surface area contributed by atoms with E-state index in [0.29, 0.717) is 24.1 Å². The molecule has 3 rings (SSSR count). The van der Waals surface area contributed by atoms with Gasteiger partial charge in [0.1, 0.15) is 18.1 Å². The molecule has 24 heavy (non-hydrogen) atoms. The molecule has 0 bridgehead atoms. The average molecular weight is 326 g/mol. The lowest BCUT2D eigenvalue weighted by atomic mass is 10.2. The zero-order valence-corrected chi connectivity index (χ0v) is 13.1. The van der Waals surface area contributed by atoms with Crippen molar-refractivity contribution in [3.63, 3.8) is 0 Å². The van der Waals surface area contributed by atoms with Crippen molar-refractivity contribution in [3.05, 3.63) is 53.9 Å². The van der Waals surface area contributed by atoms with Crippen LogP contribution in [0.4, 0.5) is 0 Å². The van der Waals surface area contributed by atoms with Crippen molar-refractivity contribution in [2.24, 2.45) is 0 Å². The molecule has 1 unspecified atom stereocenters. The van der Waals surface area contributed by atoms with Gasteiger partial charge in [0.2, 0.25) is 0 Å². The summed E-state index contributed by atoms with van der Waals surface area (Å²) in [6, 6.07) is 8.01. The largest absolute Gasteiger partial charge is 0.507 e. The summed E-state index contributed by atoms with van der Waals surface area (Å²) in [6.45, 7) is 0.955. The molecule has 6 nitrogen and oxygen atoms in total. The highest BCUT2D eigenvalue weighted by Crippen LogP contribution is 2.27. The first-order valence-electron chi connectivity index (χ1n) is 7.81. The second-order valence-corrected chi connectivity index (χ2v) is 5.65. The molecular formula is C18H18N2O4. The molecule has 2 heterocycles. The summed E-state index contributed by atoms with van der Waals surface area (Å²) in [7, 11) is 0. The number of carbonyl (C=O) groups is 2. The second-order valence-electron chi connectivity index (χ2n) is 5.65. The molecule has 6 heteroatoms. The summed E-state index contributed by atoms with van der Waals surface area (Å²) in [5, 5.41) is 9.69. The molecule has 0 saturated carbocycles. The molecule has 1 aromatic heterocycles. The van der Waals surface area contributed by atoms with Crippen molar-refractivity contribution in [1.82, 2.24) is 9.88 Å². The number of ether oxygens (including phenoxy) is 1. The zero-order chi connectivity index (χ0) is 16.9. The van der Waals surface area contributed by atoms with Crippen molar-refractivity contribution < 1.29 is 19.4 Å². The number of aldehydes is 1. The number of likely N-dealkylation sites (tertiary alicyclic amines) is 1. The fraction of sp³-hybridized carbons (Fsp3) is 0.278. The lowest BCUT2D eigenvalue weighted by Gasteiger charge is -2.25. The van der Waals surface area contributed by atoms with Crippen LogP contribution in [-0.2, 0) is 0 Å². The Hall–Kier alpha value is -2.89. The monoisotopic (exact) mass is 326 g/mol. The minimum absolute atomic E-state index is 0.0463. The zero-order valence-electron chi connectivity index (χ0n) is 13.1. The first-order valence-corrected chi connectivity index (χ1v) is 7.81. The van der Waals surface area contributed by atoms with Crippen LogP contribution in [0.25, 0.3) is 0 Å². The van der Waals surface area contributed by atoms with Crippen molar-refractivity contribution in [3.8, 4) is 11.5 Å². The Bertz CT molecular complexity index is 733. The van der Waals surface area contributed by atoms with Gasteiger partial charge < -0.3 is 14.7 Å². The van der Waals surface area contributed by atoms with E-state index in [2.05, 4.69) is 4.98 Å². The number of rotatable bonds is 5. The van der Waals surface area contributed by atoms with Gasteiger partial charge in [0, 0.05) is 24.5 Å². The molecule has 1 N–H and O–H groups in total. The molecule has 0 spiro atoms. The van der Waals surface area contributed by atoms with Crippen molar-refractivity contribution >= 4 is 12.2 Å². The van der Waals surface area contributed by atoms with Crippen molar-refractivity contribution in [1.29, 1.82) is 0 Å². The summed E-state index contributed by atoms with van der Waals surface area (Å²) in [5.74, 6) is 0.168. The predicted octanol–water partition coefficient (Wildman–Crippen LogP) is 2.28. The highest BCUT2D eigenvalue weighted by molar-refractivity contribution is 5.94. The molecule has 2 aromatic rings. The van der Waals surface area contributed by atoms with E-state index in [-0.39, 0.29) is 29.9 Å². The normalized spacial score (nSPS) is 16.8. The molecule has 0 aliphatic carbocycles. The molecule has 1 fully saturated rings. The molecule has 1 atom stereocenters. The van der Waals surface area contributed by atoms with E-state index in [0.717, 1.165) is 12.8 Å². The number of pyridine rings is 1. The standard InChI is InChI=1S/C18H18N2O4/c21-11-15-16(22)4-1-5-17(15)24-12-14-3-2-10-20(14)18(23)13-6-8-19-9-7-13/h1,4-9,11,14,22H,2-3,10,12H2. The number of aromatic hydroxyl groups is 1. The number of amides is 1. The van der Waals surface area contributed by atoms with Gasteiger partial charge in [-0.15, -0.1) is 0 Å². The first kappa shape index (κ1) is 16.0. The van der Waals surface area contributed by atoms with Crippen molar-refractivity contribution in [2.45, 2.75) is 18.9 Å². The molecule has 1 saturated heterocycles. The summed E-state index contributed by atoms with van der Waals surface area (Å²) >= 11 is 0. The molecule has 1 aliphatic heterocycles. The minimum Gasteiger partial charge on any atom is -0.507 e. The van der Waals surface area contributed by atoms with Crippen LogP contribution in [0.15, 0.2) is 42.7 Å². The fourth-order valence-electron chi connectivity index (χ4n) is 2.90.